The van der Waals surface area contributed by atoms with Crippen molar-refractivity contribution in [1.82, 2.24) is 14.5 Å². The summed E-state index contributed by atoms with van der Waals surface area (Å²) in [4.78, 5) is 51.4. The van der Waals surface area contributed by atoms with Gasteiger partial charge in [-0.15, -0.1) is 0 Å². The van der Waals surface area contributed by atoms with Gasteiger partial charge < -0.3 is 15.0 Å². The number of carbonyl (C=O) groups is 2. The number of carboxylic acid groups (broad SMARTS) is 1. The number of amides is 1. The van der Waals surface area contributed by atoms with E-state index in [1.807, 2.05) is 0 Å². The van der Waals surface area contributed by atoms with E-state index in [0.717, 1.165) is 4.57 Å². The number of nitrogens with zero attached hydrogens (tertiary/aromatic N) is 2. The van der Waals surface area contributed by atoms with Gasteiger partial charge in [0.1, 0.15) is 5.82 Å². The van der Waals surface area contributed by atoms with E-state index < -0.39 is 40.8 Å². The minimum atomic E-state index is -1.04. The van der Waals surface area contributed by atoms with Gasteiger partial charge in [0.2, 0.25) is 5.91 Å². The van der Waals surface area contributed by atoms with Crippen LogP contribution in [0.1, 0.15) is 17.0 Å². The number of likely N-dealkylation sites (tertiary alicyclic amines) is 1. The Hall–Kier alpha value is -3.23. The first kappa shape index (κ1) is 18.6. The van der Waals surface area contributed by atoms with Crippen LogP contribution in [0.2, 0.25) is 0 Å². The Labute approximate surface area is 152 Å². The molecule has 1 amide bonds. The van der Waals surface area contributed by atoms with Crippen LogP contribution in [0.4, 0.5) is 4.39 Å². The number of aromatic nitrogens is 2. The Kier molecular flexibility index (Phi) is 4.93. The van der Waals surface area contributed by atoms with Crippen LogP contribution in [0.25, 0.3) is 0 Å². The van der Waals surface area contributed by atoms with Gasteiger partial charge >= 0.3 is 11.7 Å². The molecule has 3 rings (SSSR count). The van der Waals surface area contributed by atoms with Crippen LogP contribution in [0.5, 0.6) is 0 Å². The molecule has 1 aliphatic rings. The second-order valence-electron chi connectivity index (χ2n) is 6.56. The van der Waals surface area contributed by atoms with E-state index in [9.17, 15) is 28.7 Å². The fourth-order valence-corrected chi connectivity index (χ4v) is 3.32. The number of rotatable bonds is 4. The van der Waals surface area contributed by atoms with Crippen LogP contribution in [-0.2, 0) is 23.1 Å². The molecule has 1 aliphatic heterocycles. The summed E-state index contributed by atoms with van der Waals surface area (Å²) in [6.07, 6.45) is 0.955. The zero-order valence-electron chi connectivity index (χ0n) is 14.5. The van der Waals surface area contributed by atoms with Crippen molar-refractivity contribution in [3.63, 3.8) is 0 Å². The quantitative estimate of drug-likeness (QED) is 0.786. The summed E-state index contributed by atoms with van der Waals surface area (Å²) in [6.45, 7) is 0.158. The lowest BCUT2D eigenvalue weighted by Crippen LogP contribution is -2.37. The van der Waals surface area contributed by atoms with Crippen molar-refractivity contribution < 1.29 is 19.1 Å². The van der Waals surface area contributed by atoms with Crippen molar-refractivity contribution in [2.24, 2.45) is 13.0 Å². The van der Waals surface area contributed by atoms with E-state index in [0.29, 0.717) is 5.56 Å². The number of carboxylic acids is 1. The number of hydrogen-bond donors (Lipinski definition) is 2. The highest BCUT2D eigenvalue weighted by atomic mass is 19.1. The Bertz CT molecular complexity index is 995. The Morgan fingerprint density at radius 1 is 1.22 bits per heavy atom. The van der Waals surface area contributed by atoms with E-state index in [-0.39, 0.29) is 25.1 Å². The summed E-state index contributed by atoms with van der Waals surface area (Å²) in [5, 5.41) is 9.49. The predicted molar refractivity (Wildman–Crippen MR) is 92.9 cm³/mol. The molecule has 1 aromatic heterocycles. The first-order valence-electron chi connectivity index (χ1n) is 8.31. The monoisotopic (exact) mass is 375 g/mol. The molecule has 1 aromatic carbocycles. The molecule has 27 heavy (non-hydrogen) atoms. The average Bonchev–Trinajstić information content (AvgIpc) is 3.08. The van der Waals surface area contributed by atoms with Crippen molar-refractivity contribution in [1.29, 1.82) is 0 Å². The SMILES string of the molecule is Cn1c(=O)[nH]cc(CC(=O)N2C[C@@H](C(=O)O)[C@H](c3ccc(F)cc3)C2)c1=O. The van der Waals surface area contributed by atoms with Crippen LogP contribution in [0, 0.1) is 11.7 Å². The lowest BCUT2D eigenvalue weighted by Gasteiger charge is -2.16. The van der Waals surface area contributed by atoms with Gasteiger partial charge in [0.25, 0.3) is 5.56 Å². The normalized spacial score (nSPS) is 19.3. The van der Waals surface area contributed by atoms with Gasteiger partial charge in [0.15, 0.2) is 0 Å². The second-order valence-corrected chi connectivity index (χ2v) is 6.56. The van der Waals surface area contributed by atoms with Gasteiger partial charge in [0, 0.05) is 37.8 Å². The third-order valence-corrected chi connectivity index (χ3v) is 4.88. The van der Waals surface area contributed by atoms with Crippen LogP contribution in [0.3, 0.4) is 0 Å². The van der Waals surface area contributed by atoms with Gasteiger partial charge in [-0.2, -0.15) is 0 Å². The Morgan fingerprint density at radius 2 is 1.89 bits per heavy atom. The van der Waals surface area contributed by atoms with E-state index >= 15 is 0 Å². The maximum Gasteiger partial charge on any atom is 0.328 e. The summed E-state index contributed by atoms with van der Waals surface area (Å²) in [6, 6.07) is 5.54. The molecular formula is C18H18FN3O5. The van der Waals surface area contributed by atoms with E-state index in [1.54, 1.807) is 0 Å². The molecule has 0 aliphatic carbocycles. The van der Waals surface area contributed by atoms with Crippen molar-refractivity contribution in [3.05, 3.63) is 68.2 Å². The molecule has 2 N–H and O–H groups in total. The molecule has 1 saturated heterocycles. The van der Waals surface area contributed by atoms with Crippen molar-refractivity contribution in [2.45, 2.75) is 12.3 Å². The van der Waals surface area contributed by atoms with Crippen LogP contribution in [-0.4, -0.2) is 44.5 Å². The first-order chi connectivity index (χ1) is 12.8. The molecule has 2 aromatic rings. The molecule has 1 fully saturated rings. The maximum absolute atomic E-state index is 13.1. The number of aromatic amines is 1. The van der Waals surface area contributed by atoms with Crippen LogP contribution >= 0.6 is 0 Å². The van der Waals surface area contributed by atoms with Crippen molar-refractivity contribution in [2.75, 3.05) is 13.1 Å². The van der Waals surface area contributed by atoms with Crippen LogP contribution in [0.15, 0.2) is 40.1 Å². The highest BCUT2D eigenvalue weighted by Gasteiger charge is 2.40. The number of hydrogen-bond acceptors (Lipinski definition) is 4. The third-order valence-electron chi connectivity index (χ3n) is 4.88. The summed E-state index contributed by atoms with van der Waals surface area (Å²) >= 11 is 0. The molecule has 0 saturated carbocycles. The first-order valence-corrected chi connectivity index (χ1v) is 8.31. The van der Waals surface area contributed by atoms with Gasteiger partial charge in [0.05, 0.1) is 12.3 Å². The molecular weight excluding hydrogens is 357 g/mol. The largest absolute Gasteiger partial charge is 0.481 e. The van der Waals surface area contributed by atoms with Gasteiger partial charge in [-0.25, -0.2) is 9.18 Å². The van der Waals surface area contributed by atoms with E-state index in [1.165, 1.54) is 42.4 Å². The summed E-state index contributed by atoms with van der Waals surface area (Å²) < 4.78 is 14.0. The number of H-pyrrole nitrogens is 1. The predicted octanol–water partition coefficient (Wildman–Crippen LogP) is 0.0820. The highest BCUT2D eigenvalue weighted by Crippen LogP contribution is 2.33. The Balaban J connectivity index is 1.81. The molecule has 9 heteroatoms. The van der Waals surface area contributed by atoms with Crippen molar-refractivity contribution in [3.8, 4) is 0 Å². The number of nitrogens with one attached hydrogen (secondary N) is 1. The lowest BCUT2D eigenvalue weighted by molar-refractivity contribution is -0.141. The van der Waals surface area contributed by atoms with Gasteiger partial charge in [-0.1, -0.05) is 12.1 Å². The second kappa shape index (κ2) is 7.18. The number of halogens is 1. The Morgan fingerprint density at radius 3 is 2.52 bits per heavy atom. The summed E-state index contributed by atoms with van der Waals surface area (Å²) in [5.41, 5.74) is -0.394. The van der Waals surface area contributed by atoms with Crippen LogP contribution < -0.4 is 11.2 Å². The number of aliphatic carboxylic acids is 1. The van der Waals surface area contributed by atoms with Crippen molar-refractivity contribution >= 4 is 11.9 Å². The van der Waals surface area contributed by atoms with Gasteiger partial charge in [-0.05, 0) is 17.7 Å². The topological polar surface area (TPSA) is 112 Å². The lowest BCUT2D eigenvalue weighted by atomic mass is 9.89. The number of carbonyl (C=O) groups excluding carboxylic acids is 1. The fourth-order valence-electron chi connectivity index (χ4n) is 3.32. The molecule has 0 bridgehead atoms. The molecule has 0 spiro atoms. The molecule has 0 radical (unpaired) electrons. The van der Waals surface area contributed by atoms with Gasteiger partial charge in [-0.3, -0.25) is 19.0 Å². The summed E-state index contributed by atoms with van der Waals surface area (Å²) in [7, 11) is 1.30. The standard InChI is InChI=1S/C18H18FN3O5/c1-21-16(24)11(7-20-18(21)27)6-15(23)22-8-13(14(9-22)17(25)26)10-2-4-12(19)5-3-10/h2-5,7,13-14H,6,8-9H2,1H3,(H,20,27)(H,25,26)/t13-,14+/m0/s1. The zero-order valence-corrected chi connectivity index (χ0v) is 14.5. The zero-order chi connectivity index (χ0) is 19.7. The third kappa shape index (κ3) is 3.67. The molecule has 142 valence electrons. The minimum Gasteiger partial charge on any atom is -0.481 e. The molecule has 2 heterocycles. The summed E-state index contributed by atoms with van der Waals surface area (Å²) in [5.74, 6) is -3.16. The minimum absolute atomic E-state index is 0.000120. The molecule has 8 nitrogen and oxygen atoms in total. The fraction of sp³-hybridized carbons (Fsp3) is 0.333. The smallest absolute Gasteiger partial charge is 0.328 e. The average molecular weight is 375 g/mol. The van der Waals surface area contributed by atoms with E-state index in [2.05, 4.69) is 4.98 Å². The van der Waals surface area contributed by atoms with E-state index in [4.69, 9.17) is 0 Å². The molecule has 0 unspecified atom stereocenters. The maximum atomic E-state index is 13.1. The highest BCUT2D eigenvalue weighted by molar-refractivity contribution is 5.81. The molecule has 2 atom stereocenters. The number of benzene rings is 1.